The van der Waals surface area contributed by atoms with E-state index in [1.165, 1.54) is 12.1 Å². The lowest BCUT2D eigenvalue weighted by Crippen LogP contribution is -2.09. The fraction of sp³-hybridized carbons (Fsp3) is 0.125. The average Bonchev–Trinajstić information content (AvgIpc) is 3.19. The van der Waals surface area contributed by atoms with Gasteiger partial charge in [-0.2, -0.15) is 26.3 Å². The summed E-state index contributed by atoms with van der Waals surface area (Å²) in [5, 5.41) is 0. The van der Waals surface area contributed by atoms with Gasteiger partial charge >= 0.3 is 12.4 Å². The lowest BCUT2D eigenvalue weighted by molar-refractivity contribution is -0.140. The number of benzene rings is 3. The van der Waals surface area contributed by atoms with Crippen molar-refractivity contribution in [2.24, 2.45) is 0 Å². The molecular formula is C24H16F6N2. The van der Waals surface area contributed by atoms with E-state index in [1.54, 1.807) is 24.3 Å². The largest absolute Gasteiger partial charge is 0.434 e. The molecule has 0 N–H and O–H groups in total. The van der Waals surface area contributed by atoms with Crippen LogP contribution in [0.4, 0.5) is 26.3 Å². The molecule has 0 spiro atoms. The molecule has 0 radical (unpaired) electrons. The minimum Gasteiger partial charge on any atom is -0.299 e. The molecular weight excluding hydrogens is 430 g/mol. The van der Waals surface area contributed by atoms with Crippen LogP contribution in [0.5, 0.6) is 0 Å². The summed E-state index contributed by atoms with van der Waals surface area (Å²) < 4.78 is 81.7. The summed E-state index contributed by atoms with van der Waals surface area (Å²) in [5.41, 5.74) is 0.285. The Morgan fingerprint density at radius 2 is 1.41 bits per heavy atom. The van der Waals surface area contributed by atoms with Crippen LogP contribution in [-0.4, -0.2) is 9.55 Å². The lowest BCUT2D eigenvalue weighted by Gasteiger charge is -2.14. The van der Waals surface area contributed by atoms with Crippen molar-refractivity contribution in [3.05, 3.63) is 95.8 Å². The standard InChI is InChI=1S/C24H16F6N2/c1-15-5-4-6-17(13-15)16-9-11-18(12-10-16)32-14-21(24(28,29)30)31-22(32)19-7-2-3-8-20(19)23(25,26)27/h2-14H,1H3. The van der Waals surface area contributed by atoms with E-state index in [9.17, 15) is 26.3 Å². The number of hydrogen-bond acceptors (Lipinski definition) is 1. The highest BCUT2D eigenvalue weighted by molar-refractivity contribution is 5.68. The topological polar surface area (TPSA) is 17.8 Å². The van der Waals surface area contributed by atoms with E-state index in [-0.39, 0.29) is 5.69 Å². The van der Waals surface area contributed by atoms with E-state index < -0.39 is 35.0 Å². The second-order valence-corrected chi connectivity index (χ2v) is 7.28. The molecule has 0 saturated heterocycles. The number of nitrogens with zero attached hydrogens (tertiary/aromatic N) is 2. The zero-order valence-corrected chi connectivity index (χ0v) is 16.7. The number of imidazole rings is 1. The summed E-state index contributed by atoms with van der Waals surface area (Å²) in [6, 6.07) is 18.6. The van der Waals surface area contributed by atoms with Crippen LogP contribution in [0.15, 0.2) is 79.0 Å². The average molecular weight is 446 g/mol. The number of rotatable bonds is 3. The van der Waals surface area contributed by atoms with Crippen LogP contribution in [0.3, 0.4) is 0 Å². The summed E-state index contributed by atoms with van der Waals surface area (Å²) in [4.78, 5) is 3.53. The summed E-state index contributed by atoms with van der Waals surface area (Å²) >= 11 is 0. The van der Waals surface area contributed by atoms with Crippen LogP contribution >= 0.6 is 0 Å². The molecule has 0 amide bonds. The van der Waals surface area contributed by atoms with Crippen LogP contribution < -0.4 is 0 Å². The van der Waals surface area contributed by atoms with E-state index in [0.29, 0.717) is 6.20 Å². The van der Waals surface area contributed by atoms with Crippen molar-refractivity contribution in [3.8, 4) is 28.2 Å². The van der Waals surface area contributed by atoms with Gasteiger partial charge in [0.2, 0.25) is 0 Å². The number of halogens is 6. The molecule has 0 aliphatic carbocycles. The monoisotopic (exact) mass is 446 g/mol. The van der Waals surface area contributed by atoms with Gasteiger partial charge in [0.25, 0.3) is 0 Å². The quantitative estimate of drug-likeness (QED) is 0.297. The molecule has 0 atom stereocenters. The van der Waals surface area contributed by atoms with Crippen molar-refractivity contribution in [1.29, 1.82) is 0 Å². The van der Waals surface area contributed by atoms with Gasteiger partial charge in [0, 0.05) is 17.4 Å². The first kappa shape index (κ1) is 21.7. The highest BCUT2D eigenvalue weighted by Gasteiger charge is 2.38. The van der Waals surface area contributed by atoms with Gasteiger partial charge in [-0.1, -0.05) is 60.2 Å². The fourth-order valence-electron chi connectivity index (χ4n) is 3.47. The second kappa shape index (κ2) is 7.85. The Morgan fingerprint density at radius 1 is 0.719 bits per heavy atom. The van der Waals surface area contributed by atoms with Gasteiger partial charge in [-0.15, -0.1) is 0 Å². The highest BCUT2D eigenvalue weighted by atomic mass is 19.4. The Balaban J connectivity index is 1.86. The highest BCUT2D eigenvalue weighted by Crippen LogP contribution is 2.39. The first-order valence-corrected chi connectivity index (χ1v) is 9.55. The third kappa shape index (κ3) is 4.26. The first-order chi connectivity index (χ1) is 15.0. The summed E-state index contributed by atoms with van der Waals surface area (Å²) in [6.07, 6.45) is -8.85. The maximum atomic E-state index is 13.5. The summed E-state index contributed by atoms with van der Waals surface area (Å²) in [5.74, 6) is -0.437. The van der Waals surface area contributed by atoms with Crippen LogP contribution in [-0.2, 0) is 12.4 Å². The van der Waals surface area contributed by atoms with Crippen molar-refractivity contribution in [1.82, 2.24) is 9.55 Å². The van der Waals surface area contributed by atoms with E-state index in [4.69, 9.17) is 0 Å². The van der Waals surface area contributed by atoms with Gasteiger partial charge in [-0.25, -0.2) is 4.98 Å². The third-order valence-electron chi connectivity index (χ3n) is 4.97. The van der Waals surface area contributed by atoms with Gasteiger partial charge in [-0.05, 0) is 36.2 Å². The predicted octanol–water partition coefficient (Wildman–Crippen LogP) is 7.55. The molecule has 32 heavy (non-hydrogen) atoms. The zero-order chi connectivity index (χ0) is 23.1. The SMILES string of the molecule is Cc1cccc(-c2ccc(-n3cc(C(F)(F)F)nc3-c3ccccc3C(F)(F)F)cc2)c1. The molecule has 0 aliphatic rings. The molecule has 1 heterocycles. The van der Waals surface area contributed by atoms with E-state index in [2.05, 4.69) is 4.98 Å². The third-order valence-corrected chi connectivity index (χ3v) is 4.97. The fourth-order valence-corrected chi connectivity index (χ4v) is 3.47. The minimum atomic E-state index is -4.81. The number of aryl methyl sites for hydroxylation is 1. The molecule has 164 valence electrons. The lowest BCUT2D eigenvalue weighted by atomic mass is 10.0. The Morgan fingerprint density at radius 3 is 2.03 bits per heavy atom. The Labute approximate surface area is 179 Å². The van der Waals surface area contributed by atoms with E-state index >= 15 is 0 Å². The van der Waals surface area contributed by atoms with Crippen LogP contribution in [0.25, 0.3) is 28.2 Å². The molecule has 8 heteroatoms. The Bertz CT molecular complexity index is 1250. The zero-order valence-electron chi connectivity index (χ0n) is 16.7. The molecule has 0 bridgehead atoms. The molecule has 3 aromatic carbocycles. The molecule has 0 fully saturated rings. The maximum absolute atomic E-state index is 13.5. The van der Waals surface area contributed by atoms with Crippen LogP contribution in [0.2, 0.25) is 0 Å². The summed E-state index contributed by atoms with van der Waals surface area (Å²) in [6.45, 7) is 1.94. The molecule has 1 aromatic heterocycles. The van der Waals surface area contributed by atoms with Crippen molar-refractivity contribution >= 4 is 0 Å². The molecule has 4 aromatic rings. The second-order valence-electron chi connectivity index (χ2n) is 7.28. The normalized spacial score (nSPS) is 12.2. The molecule has 0 unspecified atom stereocenters. The number of alkyl halides is 6. The van der Waals surface area contributed by atoms with Gasteiger partial charge < -0.3 is 0 Å². The summed E-state index contributed by atoms with van der Waals surface area (Å²) in [7, 11) is 0. The minimum absolute atomic E-state index is 0.261. The van der Waals surface area contributed by atoms with Crippen LogP contribution in [0.1, 0.15) is 16.8 Å². The van der Waals surface area contributed by atoms with Crippen molar-refractivity contribution < 1.29 is 26.3 Å². The molecule has 4 rings (SSSR count). The van der Waals surface area contributed by atoms with Crippen molar-refractivity contribution in [3.63, 3.8) is 0 Å². The predicted molar refractivity (Wildman–Crippen MR) is 109 cm³/mol. The Hall–Kier alpha value is -3.55. The van der Waals surface area contributed by atoms with Crippen molar-refractivity contribution in [2.75, 3.05) is 0 Å². The van der Waals surface area contributed by atoms with Crippen molar-refractivity contribution in [2.45, 2.75) is 19.3 Å². The Kier molecular flexibility index (Phi) is 5.32. The smallest absolute Gasteiger partial charge is 0.299 e. The van der Waals surface area contributed by atoms with Gasteiger partial charge in [-0.3, -0.25) is 4.57 Å². The van der Waals surface area contributed by atoms with Crippen LogP contribution in [0, 0.1) is 6.92 Å². The number of aromatic nitrogens is 2. The number of hydrogen-bond donors (Lipinski definition) is 0. The molecule has 0 aliphatic heterocycles. The molecule has 0 saturated carbocycles. The van der Waals surface area contributed by atoms with E-state index in [0.717, 1.165) is 33.4 Å². The van der Waals surface area contributed by atoms with Gasteiger partial charge in [0.1, 0.15) is 5.82 Å². The van der Waals surface area contributed by atoms with Gasteiger partial charge in [0.15, 0.2) is 5.69 Å². The molecule has 2 nitrogen and oxygen atoms in total. The maximum Gasteiger partial charge on any atom is 0.434 e. The van der Waals surface area contributed by atoms with Gasteiger partial charge in [0.05, 0.1) is 5.56 Å². The first-order valence-electron chi connectivity index (χ1n) is 9.55. The van der Waals surface area contributed by atoms with E-state index in [1.807, 2.05) is 31.2 Å².